The number of aliphatic hydroxyl groups is 1. The SMILES string of the molecule is COc1ccccc1CNC(=O)C[C@@H]1C[C@@H]2c3cc(ccc3OC3CCOCC3)NC(=O)[C@@H]2[C@H](CO)O1. The van der Waals surface area contributed by atoms with Crippen LogP contribution in [0, 0.1) is 5.92 Å². The zero-order valence-electron chi connectivity index (χ0n) is 21.0. The number of para-hydroxylation sites is 1. The summed E-state index contributed by atoms with van der Waals surface area (Å²) in [7, 11) is 1.60. The molecular formula is C28H34N2O7. The van der Waals surface area contributed by atoms with Gasteiger partial charge in [-0.3, -0.25) is 9.59 Å². The van der Waals surface area contributed by atoms with Gasteiger partial charge in [0.25, 0.3) is 0 Å². The van der Waals surface area contributed by atoms with Crippen molar-refractivity contribution >= 4 is 17.5 Å². The maximum absolute atomic E-state index is 13.2. The van der Waals surface area contributed by atoms with Crippen LogP contribution in [-0.4, -0.2) is 62.2 Å². The van der Waals surface area contributed by atoms with Gasteiger partial charge >= 0.3 is 0 Å². The molecule has 3 N–H and O–H groups in total. The minimum Gasteiger partial charge on any atom is -0.496 e. The maximum Gasteiger partial charge on any atom is 0.230 e. The fraction of sp³-hybridized carbons (Fsp3) is 0.500. The Kier molecular flexibility index (Phi) is 7.93. The number of ether oxygens (including phenoxy) is 4. The Labute approximate surface area is 216 Å². The molecule has 198 valence electrons. The molecule has 0 saturated carbocycles. The predicted molar refractivity (Wildman–Crippen MR) is 136 cm³/mol. The molecule has 9 heteroatoms. The molecule has 2 aromatic carbocycles. The molecule has 3 heterocycles. The maximum atomic E-state index is 13.2. The highest BCUT2D eigenvalue weighted by Crippen LogP contribution is 2.46. The molecule has 4 atom stereocenters. The molecule has 37 heavy (non-hydrogen) atoms. The first-order valence-electron chi connectivity index (χ1n) is 12.9. The Bertz CT molecular complexity index is 1120. The molecule has 0 aliphatic carbocycles. The predicted octanol–water partition coefficient (Wildman–Crippen LogP) is 2.76. The van der Waals surface area contributed by atoms with Crippen LogP contribution in [-0.2, 0) is 25.6 Å². The highest BCUT2D eigenvalue weighted by atomic mass is 16.5. The van der Waals surface area contributed by atoms with E-state index < -0.39 is 18.1 Å². The number of nitrogens with one attached hydrogen (secondary N) is 2. The zero-order chi connectivity index (χ0) is 25.8. The molecule has 5 rings (SSSR count). The molecule has 2 aromatic rings. The second-order valence-corrected chi connectivity index (χ2v) is 9.81. The van der Waals surface area contributed by atoms with E-state index >= 15 is 0 Å². The number of rotatable bonds is 8. The molecule has 0 unspecified atom stereocenters. The monoisotopic (exact) mass is 510 g/mol. The quantitative estimate of drug-likeness (QED) is 0.500. The van der Waals surface area contributed by atoms with Gasteiger partial charge in [-0.2, -0.15) is 0 Å². The number of carbonyl (C=O) groups is 2. The Morgan fingerprint density at radius 1 is 1.16 bits per heavy atom. The third-order valence-corrected chi connectivity index (χ3v) is 7.42. The van der Waals surface area contributed by atoms with Crippen molar-refractivity contribution < 1.29 is 33.6 Å². The second-order valence-electron chi connectivity index (χ2n) is 9.81. The number of carbonyl (C=O) groups excluding carboxylic acids is 2. The highest BCUT2D eigenvalue weighted by molar-refractivity contribution is 5.95. The van der Waals surface area contributed by atoms with Crippen LogP contribution in [0.3, 0.4) is 0 Å². The van der Waals surface area contributed by atoms with E-state index in [9.17, 15) is 14.7 Å². The normalized spacial score (nSPS) is 25.4. The Balaban J connectivity index is 1.32. The topological polar surface area (TPSA) is 115 Å². The molecular weight excluding hydrogens is 476 g/mol. The lowest BCUT2D eigenvalue weighted by atomic mass is 9.76. The van der Waals surface area contributed by atoms with Crippen LogP contribution in [0.25, 0.3) is 0 Å². The van der Waals surface area contributed by atoms with Gasteiger partial charge < -0.3 is 34.7 Å². The third kappa shape index (κ3) is 5.74. The average Bonchev–Trinajstić information content (AvgIpc) is 3.03. The fourth-order valence-corrected chi connectivity index (χ4v) is 5.58. The number of hydrogen-bond acceptors (Lipinski definition) is 7. The summed E-state index contributed by atoms with van der Waals surface area (Å²) >= 11 is 0. The first-order chi connectivity index (χ1) is 18.1. The van der Waals surface area contributed by atoms with Gasteiger partial charge in [-0.1, -0.05) is 18.2 Å². The molecule has 2 fully saturated rings. The van der Waals surface area contributed by atoms with Crippen molar-refractivity contribution in [1.82, 2.24) is 5.32 Å². The first kappa shape index (κ1) is 25.5. The number of methoxy groups -OCH3 is 1. The van der Waals surface area contributed by atoms with E-state index in [2.05, 4.69) is 10.6 Å². The number of benzene rings is 2. The van der Waals surface area contributed by atoms with Crippen molar-refractivity contribution in [3.05, 3.63) is 53.6 Å². The van der Waals surface area contributed by atoms with Crippen LogP contribution in [0.1, 0.15) is 42.7 Å². The van der Waals surface area contributed by atoms with Crippen molar-refractivity contribution in [2.45, 2.75) is 56.5 Å². The van der Waals surface area contributed by atoms with Crippen LogP contribution < -0.4 is 20.1 Å². The summed E-state index contributed by atoms with van der Waals surface area (Å²) in [6.07, 6.45) is 1.06. The molecule has 3 aliphatic heterocycles. The van der Waals surface area contributed by atoms with Gasteiger partial charge in [0.1, 0.15) is 17.6 Å². The van der Waals surface area contributed by atoms with E-state index in [1.54, 1.807) is 7.11 Å². The van der Waals surface area contributed by atoms with Crippen LogP contribution in [0.2, 0.25) is 0 Å². The van der Waals surface area contributed by atoms with Crippen molar-refractivity contribution in [2.24, 2.45) is 5.92 Å². The number of anilines is 1. The average molecular weight is 511 g/mol. The van der Waals surface area contributed by atoms with E-state index in [0.717, 1.165) is 29.7 Å². The van der Waals surface area contributed by atoms with Gasteiger partial charge in [-0.05, 0) is 30.7 Å². The Morgan fingerprint density at radius 3 is 2.76 bits per heavy atom. The van der Waals surface area contributed by atoms with Gasteiger partial charge in [0.05, 0.1) is 51.5 Å². The minimum absolute atomic E-state index is 0.0474. The van der Waals surface area contributed by atoms with Crippen LogP contribution in [0.4, 0.5) is 5.69 Å². The number of amides is 2. The summed E-state index contributed by atoms with van der Waals surface area (Å²) in [6, 6.07) is 13.2. The van der Waals surface area contributed by atoms with E-state index in [4.69, 9.17) is 18.9 Å². The molecule has 2 amide bonds. The summed E-state index contributed by atoms with van der Waals surface area (Å²) in [4.78, 5) is 26.0. The van der Waals surface area contributed by atoms with Gasteiger partial charge in [-0.15, -0.1) is 0 Å². The highest BCUT2D eigenvalue weighted by Gasteiger charge is 2.46. The van der Waals surface area contributed by atoms with E-state index in [1.807, 2.05) is 42.5 Å². The molecule has 0 radical (unpaired) electrons. The summed E-state index contributed by atoms with van der Waals surface area (Å²) < 4.78 is 23.3. The lowest BCUT2D eigenvalue weighted by molar-refractivity contribution is -0.148. The van der Waals surface area contributed by atoms with Gasteiger partial charge in [0.2, 0.25) is 11.8 Å². The second kappa shape index (κ2) is 11.5. The molecule has 9 nitrogen and oxygen atoms in total. The molecule has 0 spiro atoms. The summed E-state index contributed by atoms with van der Waals surface area (Å²) in [5.74, 6) is 0.240. The van der Waals surface area contributed by atoms with Crippen molar-refractivity contribution in [2.75, 3.05) is 32.2 Å². The molecule has 0 aromatic heterocycles. The largest absolute Gasteiger partial charge is 0.496 e. The summed E-state index contributed by atoms with van der Waals surface area (Å²) in [5, 5.41) is 16.0. The smallest absolute Gasteiger partial charge is 0.230 e. The molecule has 2 saturated heterocycles. The van der Waals surface area contributed by atoms with Crippen molar-refractivity contribution in [1.29, 1.82) is 0 Å². The number of fused-ring (bicyclic) bond motifs is 4. The van der Waals surface area contributed by atoms with Crippen LogP contribution >= 0.6 is 0 Å². The van der Waals surface area contributed by atoms with E-state index in [0.29, 0.717) is 37.6 Å². The lowest BCUT2D eigenvalue weighted by Gasteiger charge is -2.40. The van der Waals surface area contributed by atoms with E-state index in [-0.39, 0.29) is 36.9 Å². The first-order valence-corrected chi connectivity index (χ1v) is 12.9. The fourth-order valence-electron chi connectivity index (χ4n) is 5.58. The number of aliphatic hydroxyl groups excluding tert-OH is 1. The standard InChI is InChI=1S/C28H34N2O7/c1-34-23-5-3-2-4-17(23)15-29-26(32)14-20-13-22-21-12-18(30-28(33)27(22)25(16-31)37-20)6-7-24(21)36-19-8-10-35-11-9-19/h2-7,12,19-20,22,25,27,31H,8-11,13-16H2,1H3,(H,29,32)(H,30,33)/t20-,22+,25-,27-/m0/s1. The van der Waals surface area contributed by atoms with Gasteiger partial charge in [-0.25, -0.2) is 0 Å². The zero-order valence-corrected chi connectivity index (χ0v) is 21.0. The Morgan fingerprint density at radius 2 is 1.97 bits per heavy atom. The molecule has 2 bridgehead atoms. The van der Waals surface area contributed by atoms with Crippen molar-refractivity contribution in [3.8, 4) is 11.5 Å². The third-order valence-electron chi connectivity index (χ3n) is 7.42. The Hall–Kier alpha value is -3.14. The summed E-state index contributed by atoms with van der Waals surface area (Å²) in [5.41, 5.74) is 2.48. The van der Waals surface area contributed by atoms with E-state index in [1.165, 1.54) is 0 Å². The number of hydrogen-bond donors (Lipinski definition) is 3. The minimum atomic E-state index is -0.726. The molecule has 3 aliphatic rings. The van der Waals surface area contributed by atoms with Crippen LogP contribution in [0.15, 0.2) is 42.5 Å². The lowest BCUT2D eigenvalue weighted by Crippen LogP contribution is -2.48. The summed E-state index contributed by atoms with van der Waals surface area (Å²) in [6.45, 7) is 1.34. The van der Waals surface area contributed by atoms with Crippen molar-refractivity contribution in [3.63, 3.8) is 0 Å². The van der Waals surface area contributed by atoms with Gasteiger partial charge in [0, 0.05) is 42.1 Å². The van der Waals surface area contributed by atoms with Gasteiger partial charge in [0.15, 0.2) is 0 Å². The van der Waals surface area contributed by atoms with Crippen LogP contribution in [0.5, 0.6) is 11.5 Å².